The van der Waals surface area contributed by atoms with E-state index in [0.717, 1.165) is 6.42 Å². The average Bonchev–Trinajstić information content (AvgIpc) is 2.50. The Hall–Kier alpha value is -1.56. The van der Waals surface area contributed by atoms with E-state index in [4.69, 9.17) is 0 Å². The monoisotopic (exact) mass is 260 g/mol. The fourth-order valence-corrected chi connectivity index (χ4v) is 1.10. The van der Waals surface area contributed by atoms with Gasteiger partial charge >= 0.3 is 0 Å². The predicted molar refractivity (Wildman–Crippen MR) is 93.5 cm³/mol. The highest BCUT2D eigenvalue weighted by atomic mass is 14.0. The van der Waals surface area contributed by atoms with Gasteiger partial charge in [-0.3, -0.25) is 0 Å². The molecule has 0 saturated heterocycles. The van der Waals surface area contributed by atoms with E-state index >= 15 is 0 Å². The van der Waals surface area contributed by atoms with Crippen molar-refractivity contribution in [1.82, 2.24) is 0 Å². The number of allylic oxidation sites excluding steroid dienone is 10. The van der Waals surface area contributed by atoms with Crippen LogP contribution in [-0.2, 0) is 0 Å². The van der Waals surface area contributed by atoms with E-state index in [1.807, 2.05) is 65.8 Å². The predicted octanol–water partition coefficient (Wildman–Crippen LogP) is 6.81. The number of hydrogen-bond donors (Lipinski definition) is 0. The van der Waals surface area contributed by atoms with Gasteiger partial charge in [0.2, 0.25) is 0 Å². The first-order chi connectivity index (χ1) is 9.28. The number of rotatable bonds is 6. The van der Waals surface area contributed by atoms with Gasteiger partial charge in [0.15, 0.2) is 0 Å². The van der Waals surface area contributed by atoms with Gasteiger partial charge in [-0.2, -0.15) is 0 Å². The van der Waals surface area contributed by atoms with Gasteiger partial charge in [0.1, 0.15) is 0 Å². The topological polar surface area (TPSA) is 0 Å². The van der Waals surface area contributed by atoms with Crippen LogP contribution in [0.5, 0.6) is 0 Å². The third-order valence-electron chi connectivity index (χ3n) is 1.99. The first-order valence-electron chi connectivity index (χ1n) is 7.17. The Morgan fingerprint density at radius 2 is 1.47 bits per heavy atom. The summed E-state index contributed by atoms with van der Waals surface area (Å²) in [4.78, 5) is 0. The maximum atomic E-state index is 3.81. The molecule has 108 valence electrons. The Morgan fingerprint density at radius 3 is 1.84 bits per heavy atom. The van der Waals surface area contributed by atoms with Gasteiger partial charge in [0, 0.05) is 0 Å². The maximum absolute atomic E-state index is 3.81. The molecule has 0 rings (SSSR count). The molecule has 0 atom stereocenters. The van der Waals surface area contributed by atoms with Gasteiger partial charge in [-0.15, -0.1) is 0 Å². The first kappa shape index (κ1) is 22.6. The van der Waals surface area contributed by atoms with Crippen molar-refractivity contribution in [3.8, 4) is 0 Å². The number of hydrogen-bond acceptors (Lipinski definition) is 0. The lowest BCUT2D eigenvalue weighted by molar-refractivity contribution is 1.20. The van der Waals surface area contributed by atoms with E-state index in [9.17, 15) is 0 Å². The fourth-order valence-electron chi connectivity index (χ4n) is 1.10. The van der Waals surface area contributed by atoms with Crippen LogP contribution in [0, 0.1) is 0 Å². The molecule has 0 aromatic rings. The zero-order valence-corrected chi connectivity index (χ0v) is 13.7. The Balaban J connectivity index is -0.000000579. The minimum absolute atomic E-state index is 0.911. The molecule has 0 fully saturated rings. The van der Waals surface area contributed by atoms with Crippen molar-refractivity contribution in [2.24, 2.45) is 0 Å². The van der Waals surface area contributed by atoms with Crippen LogP contribution in [-0.4, -0.2) is 0 Å². The van der Waals surface area contributed by atoms with E-state index in [1.165, 1.54) is 11.1 Å². The van der Waals surface area contributed by atoms with E-state index in [-0.39, 0.29) is 0 Å². The van der Waals surface area contributed by atoms with Crippen molar-refractivity contribution in [2.75, 3.05) is 0 Å². The minimum Gasteiger partial charge on any atom is -0.0991 e. The van der Waals surface area contributed by atoms with E-state index in [2.05, 4.69) is 31.4 Å². The molecule has 19 heavy (non-hydrogen) atoms. The lowest BCUT2D eigenvalue weighted by Gasteiger charge is -2.01. The Labute approximate surface area is 121 Å². The summed E-state index contributed by atoms with van der Waals surface area (Å²) >= 11 is 0. The molecule has 0 aromatic carbocycles. The molecule has 0 amide bonds. The summed E-state index contributed by atoms with van der Waals surface area (Å²) in [6.45, 7) is 19.5. The lowest BCUT2D eigenvalue weighted by Crippen LogP contribution is -1.82. The summed E-state index contributed by atoms with van der Waals surface area (Å²) in [5.41, 5.74) is 2.49. The van der Waals surface area contributed by atoms with E-state index in [0.29, 0.717) is 0 Å². The smallest absolute Gasteiger partial charge is 0.00293 e. The van der Waals surface area contributed by atoms with Crippen molar-refractivity contribution >= 4 is 0 Å². The van der Waals surface area contributed by atoms with Crippen LogP contribution in [0.25, 0.3) is 0 Å². The molecule has 0 bridgehead atoms. The molecule has 0 unspecified atom stereocenters. The second-order valence-corrected chi connectivity index (χ2v) is 3.11. The molecule has 0 aliphatic rings. The van der Waals surface area contributed by atoms with Crippen molar-refractivity contribution in [2.45, 2.75) is 48.0 Å². The quantitative estimate of drug-likeness (QED) is 0.460. The fraction of sp³-hybridized carbons (Fsp3) is 0.368. The van der Waals surface area contributed by atoms with Gasteiger partial charge in [0.05, 0.1) is 0 Å². The molecule has 0 radical (unpaired) electrons. The summed E-state index contributed by atoms with van der Waals surface area (Å²) < 4.78 is 0. The van der Waals surface area contributed by atoms with Gasteiger partial charge in [0.25, 0.3) is 0 Å². The molecule has 0 aliphatic carbocycles. The maximum Gasteiger partial charge on any atom is -0.00293 e. The summed E-state index contributed by atoms with van der Waals surface area (Å²) in [6, 6.07) is 0. The third kappa shape index (κ3) is 16.4. The van der Waals surface area contributed by atoms with Crippen LogP contribution in [0.1, 0.15) is 48.0 Å². The second-order valence-electron chi connectivity index (χ2n) is 3.11. The van der Waals surface area contributed by atoms with Crippen LogP contribution in [0.2, 0.25) is 0 Å². The highest BCUT2D eigenvalue weighted by Gasteiger charge is 1.93. The summed E-state index contributed by atoms with van der Waals surface area (Å²) in [5.74, 6) is 0. The minimum atomic E-state index is 0.911. The summed E-state index contributed by atoms with van der Waals surface area (Å²) in [5, 5.41) is 0. The van der Waals surface area contributed by atoms with Gasteiger partial charge in [-0.25, -0.2) is 0 Å². The van der Waals surface area contributed by atoms with Crippen molar-refractivity contribution in [3.63, 3.8) is 0 Å². The molecule has 0 aliphatic heterocycles. The standard InChI is InChI=1S/C15H20.2C2H6/c1-5-9-11-14(7-3)13-15(8-4)12-10-6-2;2*1-2/h5-12H,1,4,13H2,2-3H3;2*1-2H3/b10-6-,11-9-,14-7+,15-12+;;. The van der Waals surface area contributed by atoms with Crippen LogP contribution in [0.3, 0.4) is 0 Å². The molecule has 0 aromatic heterocycles. The highest BCUT2D eigenvalue weighted by molar-refractivity contribution is 5.32. The Bertz CT molecular complexity index is 309. The van der Waals surface area contributed by atoms with Crippen LogP contribution >= 0.6 is 0 Å². The van der Waals surface area contributed by atoms with E-state index < -0.39 is 0 Å². The molecule has 0 saturated carbocycles. The summed E-state index contributed by atoms with van der Waals surface area (Å²) in [7, 11) is 0. The SMILES string of the molecule is C=C/C=C\C(=C/C)C/C(C=C)=C/C=C\C.CC.CC. The van der Waals surface area contributed by atoms with Gasteiger partial charge < -0.3 is 0 Å². The van der Waals surface area contributed by atoms with Crippen molar-refractivity contribution in [1.29, 1.82) is 0 Å². The molecular weight excluding hydrogens is 228 g/mol. The van der Waals surface area contributed by atoms with Crippen LogP contribution in [0.4, 0.5) is 0 Å². The average molecular weight is 260 g/mol. The molecule has 0 nitrogen and oxygen atoms in total. The van der Waals surface area contributed by atoms with E-state index in [1.54, 1.807) is 6.08 Å². The zero-order valence-electron chi connectivity index (χ0n) is 13.7. The first-order valence-corrected chi connectivity index (χ1v) is 7.17. The Kier molecular flexibility index (Phi) is 25.8. The lowest BCUT2D eigenvalue weighted by atomic mass is 10.0. The van der Waals surface area contributed by atoms with Crippen LogP contribution < -0.4 is 0 Å². The molecule has 0 spiro atoms. The normalized spacial score (nSPS) is 11.5. The zero-order chi connectivity index (χ0) is 15.5. The largest absolute Gasteiger partial charge is 0.0991 e. The van der Waals surface area contributed by atoms with Crippen molar-refractivity contribution < 1.29 is 0 Å². The second kappa shape index (κ2) is 21.7. The van der Waals surface area contributed by atoms with Crippen LogP contribution in [0.15, 0.2) is 72.9 Å². The van der Waals surface area contributed by atoms with Gasteiger partial charge in [-0.05, 0) is 31.4 Å². The molecule has 0 heterocycles. The molecule has 0 N–H and O–H groups in total. The third-order valence-corrected chi connectivity index (χ3v) is 1.99. The molecule has 0 heteroatoms. The van der Waals surface area contributed by atoms with Crippen molar-refractivity contribution in [3.05, 3.63) is 72.9 Å². The summed E-state index contributed by atoms with van der Waals surface area (Å²) in [6.07, 6.45) is 16.8. The highest BCUT2D eigenvalue weighted by Crippen LogP contribution is 2.13. The Morgan fingerprint density at radius 1 is 0.895 bits per heavy atom. The van der Waals surface area contributed by atoms with Gasteiger partial charge in [-0.1, -0.05) is 89.5 Å². The molecular formula is C19H32.